The number of aryl methyl sites for hydroxylation is 1. The fourth-order valence-corrected chi connectivity index (χ4v) is 4.34. The molecule has 1 aliphatic heterocycles. The number of thiazole rings is 1. The number of nitrogens with one attached hydrogen (secondary N) is 2. The van der Waals surface area contributed by atoms with Gasteiger partial charge in [-0.2, -0.15) is 0 Å². The Morgan fingerprint density at radius 1 is 1.31 bits per heavy atom. The van der Waals surface area contributed by atoms with E-state index in [1.54, 1.807) is 18.4 Å². The Balaban J connectivity index is 0.00000243. The second-order valence-corrected chi connectivity index (χ2v) is 7.51. The van der Waals surface area contributed by atoms with Gasteiger partial charge in [-0.05, 0) is 39.8 Å². The molecule has 3 rings (SSSR count). The van der Waals surface area contributed by atoms with Crippen LogP contribution in [0, 0.1) is 6.92 Å². The minimum Gasteiger partial charge on any atom is -0.368 e. The normalized spacial score (nSPS) is 17.2. The van der Waals surface area contributed by atoms with Crippen molar-refractivity contribution in [3.8, 4) is 10.6 Å². The molecule has 1 fully saturated rings. The van der Waals surface area contributed by atoms with Crippen LogP contribution in [0.5, 0.6) is 0 Å². The molecule has 1 amide bonds. The smallest absolute Gasteiger partial charge is 0.252 e. The molecule has 0 aliphatic carbocycles. The van der Waals surface area contributed by atoms with Gasteiger partial charge in [-0.15, -0.1) is 23.7 Å². The molecular weight excluding hydrogens is 370 g/mol. The van der Waals surface area contributed by atoms with Gasteiger partial charge in [-0.1, -0.05) is 30.3 Å². The number of hydrogen-bond acceptors (Lipinski definition) is 5. The van der Waals surface area contributed by atoms with Crippen LogP contribution in [0.4, 0.5) is 0 Å². The van der Waals surface area contributed by atoms with Crippen LogP contribution in [-0.4, -0.2) is 36.7 Å². The summed E-state index contributed by atoms with van der Waals surface area (Å²) in [6.45, 7) is 5.61. The van der Waals surface area contributed by atoms with E-state index in [2.05, 4.69) is 27.8 Å². The summed E-state index contributed by atoms with van der Waals surface area (Å²) in [5.74, 6) is -0.0296. The number of aromatic nitrogens is 1. The molecule has 0 bridgehead atoms. The minimum absolute atomic E-state index is 0. The molecule has 1 atom stereocenters. The first-order chi connectivity index (χ1) is 12.1. The highest BCUT2D eigenvalue weighted by Crippen LogP contribution is 2.32. The Morgan fingerprint density at radius 3 is 2.58 bits per heavy atom. The van der Waals surface area contributed by atoms with Crippen LogP contribution >= 0.6 is 23.7 Å². The molecule has 1 aromatic heterocycles. The van der Waals surface area contributed by atoms with Gasteiger partial charge in [0.2, 0.25) is 0 Å². The monoisotopic (exact) mass is 395 g/mol. The van der Waals surface area contributed by atoms with Gasteiger partial charge >= 0.3 is 0 Å². The van der Waals surface area contributed by atoms with Crippen molar-refractivity contribution in [1.29, 1.82) is 0 Å². The Hall–Kier alpha value is -1.47. The first kappa shape index (κ1) is 20.8. The molecule has 1 unspecified atom stereocenters. The van der Waals surface area contributed by atoms with Crippen molar-refractivity contribution in [1.82, 2.24) is 15.6 Å². The number of nitrogens with zero attached hydrogens (tertiary/aromatic N) is 1. The molecule has 2 N–H and O–H groups in total. The summed E-state index contributed by atoms with van der Waals surface area (Å²) in [5, 5.41) is 7.40. The van der Waals surface area contributed by atoms with E-state index in [9.17, 15) is 4.79 Å². The maximum atomic E-state index is 12.8. The largest absolute Gasteiger partial charge is 0.368 e. The molecule has 142 valence electrons. The van der Waals surface area contributed by atoms with Gasteiger partial charge in [0.05, 0.1) is 16.6 Å². The summed E-state index contributed by atoms with van der Waals surface area (Å²) < 4.78 is 5.62. The van der Waals surface area contributed by atoms with E-state index < -0.39 is 5.60 Å². The lowest BCUT2D eigenvalue weighted by atomic mass is 9.91. The second kappa shape index (κ2) is 8.95. The third-order valence-electron chi connectivity index (χ3n) is 4.81. The fourth-order valence-electron chi connectivity index (χ4n) is 3.26. The molecule has 26 heavy (non-hydrogen) atoms. The van der Waals surface area contributed by atoms with Crippen molar-refractivity contribution in [2.24, 2.45) is 0 Å². The summed E-state index contributed by atoms with van der Waals surface area (Å²) in [5.41, 5.74) is 1.35. The van der Waals surface area contributed by atoms with Crippen molar-refractivity contribution < 1.29 is 9.53 Å². The number of methoxy groups -OCH3 is 1. The molecule has 0 radical (unpaired) electrons. The molecular formula is C19H26ClN3O2S. The molecule has 0 spiro atoms. The lowest BCUT2D eigenvalue weighted by molar-refractivity contribution is -0.147. The average Bonchev–Trinajstić information content (AvgIpc) is 3.05. The van der Waals surface area contributed by atoms with Gasteiger partial charge in [0.15, 0.2) is 0 Å². The summed E-state index contributed by atoms with van der Waals surface area (Å²) >= 11 is 1.64. The second-order valence-electron chi connectivity index (χ2n) is 6.48. The first-order valence-electron chi connectivity index (χ1n) is 8.65. The number of carbonyl (C=O) groups excluding carboxylic acids is 1. The summed E-state index contributed by atoms with van der Waals surface area (Å²) in [6, 6.07) is 10.0. The van der Waals surface area contributed by atoms with Gasteiger partial charge in [0.1, 0.15) is 10.6 Å². The van der Waals surface area contributed by atoms with Crippen LogP contribution in [-0.2, 0) is 9.53 Å². The zero-order valence-corrected chi connectivity index (χ0v) is 17.0. The standard InChI is InChI=1S/C19H25N3O2S.ClH/c1-13-16(25-17(21-13)15-7-5-4-6-8-15)14(2)22-18(23)19(24-3)9-11-20-12-10-19;/h4-8,14,20H,9-12H2,1-3H3,(H,22,23);1H. The topological polar surface area (TPSA) is 63.2 Å². The zero-order chi connectivity index (χ0) is 17.9. The third-order valence-corrected chi connectivity index (χ3v) is 6.20. The maximum Gasteiger partial charge on any atom is 0.252 e. The number of hydrogen-bond donors (Lipinski definition) is 2. The minimum atomic E-state index is -0.722. The highest BCUT2D eigenvalue weighted by Gasteiger charge is 2.40. The van der Waals surface area contributed by atoms with Crippen molar-refractivity contribution in [3.05, 3.63) is 40.9 Å². The lowest BCUT2D eigenvalue weighted by Gasteiger charge is -2.35. The number of halogens is 1. The van der Waals surface area contributed by atoms with E-state index in [4.69, 9.17) is 4.74 Å². The quantitative estimate of drug-likeness (QED) is 0.813. The molecule has 0 saturated carbocycles. The van der Waals surface area contributed by atoms with Crippen LogP contribution < -0.4 is 10.6 Å². The molecule has 1 aromatic carbocycles. The van der Waals surface area contributed by atoms with Gasteiger partial charge in [-0.3, -0.25) is 4.79 Å². The van der Waals surface area contributed by atoms with E-state index in [0.29, 0.717) is 12.8 Å². The van der Waals surface area contributed by atoms with E-state index in [0.717, 1.165) is 34.2 Å². The highest BCUT2D eigenvalue weighted by molar-refractivity contribution is 7.15. The molecule has 1 saturated heterocycles. The van der Waals surface area contributed by atoms with E-state index in [1.807, 2.05) is 32.0 Å². The number of ether oxygens (including phenoxy) is 1. The first-order valence-corrected chi connectivity index (χ1v) is 9.47. The van der Waals surface area contributed by atoms with Gasteiger partial charge < -0.3 is 15.4 Å². The van der Waals surface area contributed by atoms with Crippen LogP contribution in [0.3, 0.4) is 0 Å². The van der Waals surface area contributed by atoms with Crippen molar-refractivity contribution in [2.75, 3.05) is 20.2 Å². The predicted octanol–water partition coefficient (Wildman–Crippen LogP) is 3.49. The Morgan fingerprint density at radius 2 is 1.96 bits per heavy atom. The average molecular weight is 396 g/mol. The maximum absolute atomic E-state index is 12.8. The highest BCUT2D eigenvalue weighted by atomic mass is 35.5. The third kappa shape index (κ3) is 4.26. The van der Waals surface area contributed by atoms with Crippen LogP contribution in [0.25, 0.3) is 10.6 Å². The number of carbonyl (C=O) groups is 1. The molecule has 5 nitrogen and oxygen atoms in total. The lowest BCUT2D eigenvalue weighted by Crippen LogP contribution is -2.54. The van der Waals surface area contributed by atoms with Crippen LogP contribution in [0.1, 0.15) is 36.4 Å². The fraction of sp³-hybridized carbons (Fsp3) is 0.474. The van der Waals surface area contributed by atoms with E-state index >= 15 is 0 Å². The molecule has 1 aliphatic rings. The van der Waals surface area contributed by atoms with Gasteiger partial charge in [0, 0.05) is 12.7 Å². The van der Waals surface area contributed by atoms with E-state index in [1.165, 1.54) is 0 Å². The summed E-state index contributed by atoms with van der Waals surface area (Å²) in [7, 11) is 1.63. The number of rotatable bonds is 5. The zero-order valence-electron chi connectivity index (χ0n) is 15.4. The Bertz CT molecular complexity index is 730. The van der Waals surface area contributed by atoms with Crippen molar-refractivity contribution >= 4 is 29.7 Å². The molecule has 7 heteroatoms. The van der Waals surface area contributed by atoms with Crippen molar-refractivity contribution in [2.45, 2.75) is 38.3 Å². The van der Waals surface area contributed by atoms with E-state index in [-0.39, 0.29) is 24.4 Å². The molecule has 2 aromatic rings. The number of benzene rings is 1. The predicted molar refractivity (Wildman–Crippen MR) is 108 cm³/mol. The number of piperidine rings is 1. The van der Waals surface area contributed by atoms with Crippen LogP contribution in [0.15, 0.2) is 30.3 Å². The molecule has 2 heterocycles. The van der Waals surface area contributed by atoms with Gasteiger partial charge in [-0.25, -0.2) is 4.98 Å². The summed E-state index contributed by atoms with van der Waals surface area (Å²) in [6.07, 6.45) is 1.39. The summed E-state index contributed by atoms with van der Waals surface area (Å²) in [4.78, 5) is 18.6. The van der Waals surface area contributed by atoms with Gasteiger partial charge in [0.25, 0.3) is 5.91 Å². The number of amides is 1. The Labute approximate surface area is 165 Å². The van der Waals surface area contributed by atoms with Crippen LogP contribution in [0.2, 0.25) is 0 Å². The Kier molecular flexibility index (Phi) is 7.17. The SMILES string of the molecule is COC1(C(=O)NC(C)c2sc(-c3ccccc3)nc2C)CCNCC1.Cl. The van der Waals surface area contributed by atoms with Crippen molar-refractivity contribution in [3.63, 3.8) is 0 Å².